The maximum absolute atomic E-state index is 11.9. The highest BCUT2D eigenvalue weighted by Crippen LogP contribution is 2.28. The van der Waals surface area contributed by atoms with Gasteiger partial charge in [-0.05, 0) is 24.1 Å². The van der Waals surface area contributed by atoms with Gasteiger partial charge in [-0.25, -0.2) is 13.6 Å². The minimum absolute atomic E-state index is 0.0465. The molecule has 1 N–H and O–H groups in total. The summed E-state index contributed by atoms with van der Waals surface area (Å²) in [6, 6.07) is 5.31. The van der Waals surface area contributed by atoms with Crippen LogP contribution in [0.1, 0.15) is 16.8 Å². The van der Waals surface area contributed by atoms with Crippen molar-refractivity contribution in [3.05, 3.63) is 34.3 Å². The van der Waals surface area contributed by atoms with E-state index in [1.54, 1.807) is 12.1 Å². The number of ether oxygens (including phenoxy) is 1. The molecule has 0 fully saturated rings. The van der Waals surface area contributed by atoms with Gasteiger partial charge in [-0.3, -0.25) is 4.98 Å². The Bertz CT molecular complexity index is 596. The molecule has 0 aliphatic carbocycles. The van der Waals surface area contributed by atoms with Crippen molar-refractivity contribution in [3.8, 4) is 0 Å². The summed E-state index contributed by atoms with van der Waals surface area (Å²) in [7, 11) is 0. The van der Waals surface area contributed by atoms with Crippen LogP contribution in [0.15, 0.2) is 27.4 Å². The van der Waals surface area contributed by atoms with Crippen LogP contribution in [0.25, 0.3) is 11.1 Å². The molecule has 1 aromatic heterocycles. The third kappa shape index (κ3) is 3.87. The SMILES string of the molecule is O=c1[nH]c2ccc(C(Br)CCOCC(F)F)cc2o1. The predicted octanol–water partition coefficient (Wildman–Crippen LogP) is 3.23. The Hall–Kier alpha value is -1.21. The highest BCUT2D eigenvalue weighted by atomic mass is 79.9. The first-order valence-corrected chi connectivity index (χ1v) is 6.60. The smallest absolute Gasteiger partial charge is 0.408 e. The van der Waals surface area contributed by atoms with Crippen molar-refractivity contribution in [2.24, 2.45) is 0 Å². The molecule has 1 aromatic carbocycles. The van der Waals surface area contributed by atoms with Gasteiger partial charge < -0.3 is 9.15 Å². The highest BCUT2D eigenvalue weighted by Gasteiger charge is 2.11. The molecule has 19 heavy (non-hydrogen) atoms. The van der Waals surface area contributed by atoms with Gasteiger partial charge in [-0.1, -0.05) is 22.0 Å². The summed E-state index contributed by atoms with van der Waals surface area (Å²) in [5, 5.41) is 0. The van der Waals surface area contributed by atoms with Gasteiger partial charge >= 0.3 is 5.76 Å². The van der Waals surface area contributed by atoms with E-state index in [0.717, 1.165) is 5.56 Å². The summed E-state index contributed by atoms with van der Waals surface area (Å²) in [4.78, 5) is 13.5. The molecule has 1 heterocycles. The van der Waals surface area contributed by atoms with Gasteiger partial charge in [-0.2, -0.15) is 0 Å². The second kappa shape index (κ2) is 6.29. The molecule has 2 rings (SSSR count). The van der Waals surface area contributed by atoms with Crippen molar-refractivity contribution in [3.63, 3.8) is 0 Å². The Balaban J connectivity index is 1.96. The minimum Gasteiger partial charge on any atom is -0.408 e. The summed E-state index contributed by atoms with van der Waals surface area (Å²) >= 11 is 3.45. The van der Waals surface area contributed by atoms with E-state index in [9.17, 15) is 13.6 Å². The molecule has 0 radical (unpaired) electrons. The quantitative estimate of drug-likeness (QED) is 0.651. The zero-order chi connectivity index (χ0) is 13.8. The standard InChI is InChI=1S/C12H12BrF2NO3/c13-8(3-4-18-6-11(14)15)7-1-2-9-10(5-7)19-12(17)16-9/h1-2,5,8,11H,3-4,6H2,(H,16,17). The van der Waals surface area contributed by atoms with E-state index in [1.807, 2.05) is 6.07 Å². The Kier molecular flexibility index (Phi) is 4.71. The van der Waals surface area contributed by atoms with Crippen LogP contribution in [-0.4, -0.2) is 24.6 Å². The molecule has 7 heteroatoms. The molecular formula is C12H12BrF2NO3. The summed E-state index contributed by atoms with van der Waals surface area (Å²) < 4.78 is 33.5. The molecule has 104 valence electrons. The fourth-order valence-corrected chi connectivity index (χ4v) is 2.15. The monoisotopic (exact) mass is 335 g/mol. The summed E-state index contributed by atoms with van der Waals surface area (Å²) in [6.45, 7) is -0.319. The number of oxazole rings is 1. The van der Waals surface area contributed by atoms with E-state index < -0.39 is 18.8 Å². The third-order valence-electron chi connectivity index (χ3n) is 2.57. The Labute approximate surface area is 115 Å². The van der Waals surface area contributed by atoms with Crippen LogP contribution in [0.4, 0.5) is 8.78 Å². The zero-order valence-electron chi connectivity index (χ0n) is 9.87. The minimum atomic E-state index is -2.45. The molecule has 0 spiro atoms. The molecule has 2 aromatic rings. The van der Waals surface area contributed by atoms with Crippen molar-refractivity contribution in [2.75, 3.05) is 13.2 Å². The largest absolute Gasteiger partial charge is 0.417 e. The van der Waals surface area contributed by atoms with E-state index in [4.69, 9.17) is 9.15 Å². The number of hydrogen-bond acceptors (Lipinski definition) is 3. The van der Waals surface area contributed by atoms with Gasteiger partial charge in [0.15, 0.2) is 5.58 Å². The number of fused-ring (bicyclic) bond motifs is 1. The van der Waals surface area contributed by atoms with Crippen molar-refractivity contribution in [1.29, 1.82) is 0 Å². The first-order valence-electron chi connectivity index (χ1n) is 5.69. The maximum atomic E-state index is 11.9. The molecule has 0 aliphatic heterocycles. The van der Waals surface area contributed by atoms with Crippen LogP contribution in [0, 0.1) is 0 Å². The normalized spacial score (nSPS) is 13.3. The lowest BCUT2D eigenvalue weighted by Gasteiger charge is -2.10. The van der Waals surface area contributed by atoms with Crippen LogP contribution in [-0.2, 0) is 4.74 Å². The maximum Gasteiger partial charge on any atom is 0.417 e. The van der Waals surface area contributed by atoms with Crippen LogP contribution < -0.4 is 5.76 Å². The molecule has 1 unspecified atom stereocenters. The topological polar surface area (TPSA) is 55.2 Å². The second-order valence-corrected chi connectivity index (χ2v) is 5.10. The van der Waals surface area contributed by atoms with Crippen molar-refractivity contribution < 1.29 is 17.9 Å². The van der Waals surface area contributed by atoms with Gasteiger partial charge in [0.2, 0.25) is 0 Å². The van der Waals surface area contributed by atoms with E-state index >= 15 is 0 Å². The summed E-state index contributed by atoms with van der Waals surface area (Å²) in [5.41, 5.74) is 2.00. The molecule has 0 aliphatic rings. The molecule has 0 saturated heterocycles. The van der Waals surface area contributed by atoms with Gasteiger partial charge in [0.1, 0.15) is 6.61 Å². The second-order valence-electron chi connectivity index (χ2n) is 3.99. The Morgan fingerprint density at radius 3 is 2.95 bits per heavy atom. The third-order valence-corrected chi connectivity index (χ3v) is 3.55. The first-order chi connectivity index (χ1) is 9.06. The molecule has 0 amide bonds. The molecular weight excluding hydrogens is 324 g/mol. The Morgan fingerprint density at radius 2 is 2.21 bits per heavy atom. The number of benzene rings is 1. The van der Waals surface area contributed by atoms with Gasteiger partial charge in [-0.15, -0.1) is 0 Å². The fraction of sp³-hybridized carbons (Fsp3) is 0.417. The zero-order valence-corrected chi connectivity index (χ0v) is 11.5. The fourth-order valence-electron chi connectivity index (χ4n) is 1.68. The number of H-pyrrole nitrogens is 1. The van der Waals surface area contributed by atoms with Crippen LogP contribution in [0.2, 0.25) is 0 Å². The number of rotatable bonds is 6. The van der Waals surface area contributed by atoms with E-state index in [1.165, 1.54) is 0 Å². The molecule has 4 nitrogen and oxygen atoms in total. The van der Waals surface area contributed by atoms with Crippen LogP contribution >= 0.6 is 15.9 Å². The number of alkyl halides is 3. The van der Waals surface area contributed by atoms with Gasteiger partial charge in [0, 0.05) is 11.4 Å². The predicted molar refractivity (Wildman–Crippen MR) is 69.9 cm³/mol. The van der Waals surface area contributed by atoms with Gasteiger partial charge in [0.05, 0.1) is 5.52 Å². The lowest BCUT2D eigenvalue weighted by atomic mass is 10.1. The van der Waals surface area contributed by atoms with Crippen molar-refractivity contribution >= 4 is 27.0 Å². The first kappa shape index (κ1) is 14.2. The van der Waals surface area contributed by atoms with Crippen LogP contribution in [0.5, 0.6) is 0 Å². The summed E-state index contributed by atoms with van der Waals surface area (Å²) in [5.74, 6) is -0.501. The number of aromatic nitrogens is 1. The van der Waals surface area contributed by atoms with E-state index in [-0.39, 0.29) is 11.4 Å². The number of hydrogen-bond donors (Lipinski definition) is 1. The number of halogens is 3. The van der Waals surface area contributed by atoms with E-state index in [2.05, 4.69) is 20.9 Å². The number of aromatic amines is 1. The Morgan fingerprint density at radius 1 is 1.42 bits per heavy atom. The van der Waals surface area contributed by atoms with E-state index in [0.29, 0.717) is 17.5 Å². The van der Waals surface area contributed by atoms with Crippen molar-refractivity contribution in [1.82, 2.24) is 4.98 Å². The average molecular weight is 336 g/mol. The number of nitrogens with one attached hydrogen (secondary N) is 1. The highest BCUT2D eigenvalue weighted by molar-refractivity contribution is 9.09. The van der Waals surface area contributed by atoms with Crippen molar-refractivity contribution in [2.45, 2.75) is 17.7 Å². The lowest BCUT2D eigenvalue weighted by Crippen LogP contribution is -2.06. The van der Waals surface area contributed by atoms with Crippen LogP contribution in [0.3, 0.4) is 0 Å². The molecule has 1 atom stereocenters. The summed E-state index contributed by atoms with van der Waals surface area (Å²) in [6.07, 6.45) is -1.90. The molecule has 0 saturated carbocycles. The average Bonchev–Trinajstić information content (AvgIpc) is 2.73. The molecule has 0 bridgehead atoms. The lowest BCUT2D eigenvalue weighted by molar-refractivity contribution is 0.0167. The van der Waals surface area contributed by atoms with Gasteiger partial charge in [0.25, 0.3) is 6.43 Å².